The first-order valence-electron chi connectivity index (χ1n) is 5.27. The van der Waals surface area contributed by atoms with Crippen LogP contribution in [0.4, 0.5) is 0 Å². The summed E-state index contributed by atoms with van der Waals surface area (Å²) in [4.78, 5) is 11.6. The Kier molecular flexibility index (Phi) is 1.07. The lowest BCUT2D eigenvalue weighted by Crippen LogP contribution is -2.42. The summed E-state index contributed by atoms with van der Waals surface area (Å²) in [5, 5.41) is 0. The van der Waals surface area contributed by atoms with Gasteiger partial charge in [0.15, 0.2) is 5.78 Å². The van der Waals surface area contributed by atoms with Gasteiger partial charge in [0.25, 0.3) is 0 Å². The van der Waals surface area contributed by atoms with Crippen molar-refractivity contribution in [2.45, 2.75) is 44.2 Å². The Morgan fingerprint density at radius 2 is 2.00 bits per heavy atom. The first-order chi connectivity index (χ1) is 6.75. The van der Waals surface area contributed by atoms with Gasteiger partial charge in [-0.25, -0.2) is 0 Å². The zero-order valence-electron chi connectivity index (χ0n) is 8.03. The van der Waals surface area contributed by atoms with Crippen LogP contribution < -0.4 is 0 Å². The Morgan fingerprint density at radius 3 is 2.50 bits per heavy atom. The van der Waals surface area contributed by atoms with Gasteiger partial charge in [0.05, 0.1) is 0 Å². The molecule has 2 saturated heterocycles. The fourth-order valence-electron chi connectivity index (χ4n) is 3.41. The van der Waals surface area contributed by atoms with Gasteiger partial charge in [-0.15, -0.1) is 0 Å². The molecule has 0 bridgehead atoms. The van der Waals surface area contributed by atoms with E-state index in [1.54, 1.807) is 0 Å². The largest absolute Gasteiger partial charge is 0.360 e. The van der Waals surface area contributed by atoms with E-state index < -0.39 is 0 Å². The number of carbonyl (C=O) groups excluding carboxylic acids is 1. The molecule has 3 heteroatoms. The van der Waals surface area contributed by atoms with Gasteiger partial charge < -0.3 is 9.47 Å². The van der Waals surface area contributed by atoms with Gasteiger partial charge >= 0.3 is 0 Å². The number of fused-ring (bicyclic) bond motifs is 4. The number of ketones is 1. The van der Waals surface area contributed by atoms with Crippen LogP contribution in [-0.4, -0.2) is 30.2 Å². The Hall–Kier alpha value is -0.670. The molecule has 0 amide bonds. The van der Waals surface area contributed by atoms with Crippen LogP contribution in [0.2, 0.25) is 0 Å². The molecule has 2 aliphatic carbocycles. The molecule has 0 radical (unpaired) electrons. The number of epoxide rings is 2. The van der Waals surface area contributed by atoms with Gasteiger partial charge in [-0.3, -0.25) is 4.79 Å². The summed E-state index contributed by atoms with van der Waals surface area (Å²) in [6.45, 7) is 2.15. The van der Waals surface area contributed by atoms with Crippen LogP contribution in [0.25, 0.3) is 0 Å². The summed E-state index contributed by atoms with van der Waals surface area (Å²) in [7, 11) is 0. The van der Waals surface area contributed by atoms with E-state index in [0.717, 1.165) is 12.8 Å². The quantitative estimate of drug-likeness (QED) is 0.421. The molecule has 2 heterocycles. The highest BCUT2D eigenvalue weighted by molar-refractivity contribution is 5.94. The average Bonchev–Trinajstić information content (AvgIpc) is 3.05. The molecule has 3 nitrogen and oxygen atoms in total. The third kappa shape index (κ3) is 0.615. The molecule has 4 aliphatic rings. The summed E-state index contributed by atoms with van der Waals surface area (Å²) >= 11 is 0. The minimum absolute atomic E-state index is 0.0727. The second-order valence-electron chi connectivity index (χ2n) is 4.82. The third-order valence-corrected chi connectivity index (χ3v) is 4.30. The van der Waals surface area contributed by atoms with E-state index in [1.165, 1.54) is 5.57 Å². The second-order valence-corrected chi connectivity index (χ2v) is 4.82. The molecule has 1 spiro atoms. The van der Waals surface area contributed by atoms with Gasteiger partial charge in [0.1, 0.15) is 24.4 Å². The molecule has 0 N–H and O–H groups in total. The van der Waals surface area contributed by atoms with E-state index >= 15 is 0 Å². The fraction of sp³-hybridized carbons (Fsp3) is 0.727. The van der Waals surface area contributed by atoms with Crippen LogP contribution in [-0.2, 0) is 14.3 Å². The third-order valence-electron chi connectivity index (χ3n) is 4.30. The molecule has 0 aromatic rings. The number of Topliss-reactive ketones (excluding diaryl/α,β-unsaturated/α-hetero) is 1. The monoisotopic (exact) mass is 192 g/mol. The van der Waals surface area contributed by atoms with E-state index in [2.05, 4.69) is 13.0 Å². The highest BCUT2D eigenvalue weighted by Gasteiger charge is 2.76. The summed E-state index contributed by atoms with van der Waals surface area (Å²) < 4.78 is 11.1. The molecule has 1 saturated carbocycles. The zero-order chi connectivity index (χ0) is 9.50. The van der Waals surface area contributed by atoms with Crippen molar-refractivity contribution in [1.29, 1.82) is 0 Å². The van der Waals surface area contributed by atoms with Crippen molar-refractivity contribution in [2.75, 3.05) is 0 Å². The molecule has 0 aromatic carbocycles. The summed E-state index contributed by atoms with van der Waals surface area (Å²) in [6.07, 6.45) is 4.48. The normalized spacial score (nSPS) is 58.1. The molecule has 1 unspecified atom stereocenters. The van der Waals surface area contributed by atoms with Crippen molar-refractivity contribution in [3.05, 3.63) is 11.6 Å². The van der Waals surface area contributed by atoms with Crippen LogP contribution in [0.3, 0.4) is 0 Å². The van der Waals surface area contributed by atoms with Crippen LogP contribution in [0.5, 0.6) is 0 Å². The topological polar surface area (TPSA) is 42.1 Å². The van der Waals surface area contributed by atoms with Gasteiger partial charge in [0, 0.05) is 5.41 Å². The maximum absolute atomic E-state index is 11.6. The number of allylic oxidation sites excluding steroid dienone is 1. The van der Waals surface area contributed by atoms with Gasteiger partial charge in [-0.1, -0.05) is 11.6 Å². The van der Waals surface area contributed by atoms with Crippen LogP contribution in [0, 0.1) is 5.41 Å². The van der Waals surface area contributed by atoms with Crippen molar-refractivity contribution >= 4 is 5.78 Å². The van der Waals surface area contributed by atoms with Gasteiger partial charge in [-0.2, -0.15) is 0 Å². The molecule has 5 atom stereocenters. The minimum Gasteiger partial charge on any atom is -0.360 e. The predicted molar refractivity (Wildman–Crippen MR) is 47.8 cm³/mol. The number of hydrogen-bond acceptors (Lipinski definition) is 3. The maximum atomic E-state index is 11.6. The van der Waals surface area contributed by atoms with Crippen molar-refractivity contribution in [3.8, 4) is 0 Å². The standard InChI is InChI=1S/C11H12O3/c1-5-3-2-4-11(5)9-7(13-9)6(12)8-10(11)14-8/h3,7-10H,2,4H2,1H3/t7-,8+,9-,10+,11?. The zero-order valence-corrected chi connectivity index (χ0v) is 8.03. The van der Waals surface area contributed by atoms with E-state index in [1.807, 2.05) is 0 Å². The van der Waals surface area contributed by atoms with Crippen molar-refractivity contribution in [3.63, 3.8) is 0 Å². The van der Waals surface area contributed by atoms with E-state index in [0.29, 0.717) is 0 Å². The first kappa shape index (κ1) is 7.60. The number of carbonyl (C=O) groups is 1. The molecule has 74 valence electrons. The first-order valence-corrected chi connectivity index (χ1v) is 5.27. The Bertz CT molecular complexity index is 351. The summed E-state index contributed by atoms with van der Waals surface area (Å²) in [5.41, 5.74) is 1.45. The predicted octanol–water partition coefficient (Wildman–Crippen LogP) is 0.830. The molecule has 3 fully saturated rings. The highest BCUT2D eigenvalue weighted by Crippen LogP contribution is 2.63. The van der Waals surface area contributed by atoms with E-state index in [-0.39, 0.29) is 35.6 Å². The highest BCUT2D eigenvalue weighted by atomic mass is 16.6. The Morgan fingerprint density at radius 1 is 1.36 bits per heavy atom. The molecule has 14 heavy (non-hydrogen) atoms. The summed E-state index contributed by atoms with van der Waals surface area (Å²) in [5.74, 6) is 0.185. The molecular formula is C11H12O3. The van der Waals surface area contributed by atoms with Crippen LogP contribution in [0.1, 0.15) is 19.8 Å². The Labute approximate surface area is 82.1 Å². The lowest BCUT2D eigenvalue weighted by atomic mass is 9.69. The van der Waals surface area contributed by atoms with Gasteiger partial charge in [-0.05, 0) is 19.8 Å². The lowest BCUT2D eigenvalue weighted by molar-refractivity contribution is -0.121. The lowest BCUT2D eigenvalue weighted by Gasteiger charge is -2.29. The van der Waals surface area contributed by atoms with E-state index in [9.17, 15) is 4.79 Å². The number of ether oxygens (including phenoxy) is 2. The van der Waals surface area contributed by atoms with Crippen LogP contribution >= 0.6 is 0 Å². The van der Waals surface area contributed by atoms with Crippen molar-refractivity contribution in [2.24, 2.45) is 5.41 Å². The van der Waals surface area contributed by atoms with Crippen molar-refractivity contribution < 1.29 is 14.3 Å². The number of rotatable bonds is 0. The van der Waals surface area contributed by atoms with Crippen LogP contribution in [0.15, 0.2) is 11.6 Å². The average molecular weight is 192 g/mol. The van der Waals surface area contributed by atoms with Gasteiger partial charge in [0.2, 0.25) is 0 Å². The maximum Gasteiger partial charge on any atom is 0.195 e. The second kappa shape index (κ2) is 1.97. The summed E-state index contributed by atoms with van der Waals surface area (Å²) in [6, 6.07) is 0. The molecular weight excluding hydrogens is 180 g/mol. The molecule has 0 aromatic heterocycles. The fourth-order valence-corrected chi connectivity index (χ4v) is 3.41. The SMILES string of the molecule is CC1=CCCC12[C@@H]1O[C@@H]1C(=O)[C@@H]1O[C@@H]12. The minimum atomic E-state index is -0.139. The Balaban J connectivity index is 1.82. The van der Waals surface area contributed by atoms with Crippen molar-refractivity contribution in [1.82, 2.24) is 0 Å². The number of hydrogen-bond donors (Lipinski definition) is 0. The molecule has 2 aliphatic heterocycles. The smallest absolute Gasteiger partial charge is 0.195 e. The van der Waals surface area contributed by atoms with E-state index in [4.69, 9.17) is 9.47 Å². The molecule has 4 rings (SSSR count).